The highest BCUT2D eigenvalue weighted by molar-refractivity contribution is 7.47. The van der Waals surface area contributed by atoms with E-state index in [2.05, 4.69) is 58.9 Å². The maximum atomic E-state index is 13.1. The van der Waals surface area contributed by atoms with Crippen LogP contribution >= 0.6 is 15.6 Å². The molecule has 0 spiro atoms. The van der Waals surface area contributed by atoms with Crippen LogP contribution in [-0.2, 0) is 65.4 Å². The molecule has 0 amide bonds. The van der Waals surface area contributed by atoms with E-state index in [1.807, 2.05) is 0 Å². The second kappa shape index (κ2) is 71.5. The summed E-state index contributed by atoms with van der Waals surface area (Å²) in [6.45, 7) is 7.16. The van der Waals surface area contributed by atoms with E-state index in [4.69, 9.17) is 37.0 Å². The quantitative estimate of drug-likeness (QED) is 0.0169. The molecule has 3 N–H and O–H groups in total. The summed E-state index contributed by atoms with van der Waals surface area (Å²) in [4.78, 5) is 72.9. The predicted octanol–water partition coefficient (Wildman–Crippen LogP) is 23.2. The number of aliphatic hydroxyl groups is 1. The van der Waals surface area contributed by atoms with Gasteiger partial charge in [-0.05, 0) is 57.3 Å². The van der Waals surface area contributed by atoms with Gasteiger partial charge in [-0.3, -0.25) is 37.3 Å². The molecule has 19 heteroatoms. The van der Waals surface area contributed by atoms with Gasteiger partial charge < -0.3 is 33.8 Å². The normalized spacial score (nSPS) is 14.1. The summed E-state index contributed by atoms with van der Waals surface area (Å²) in [5.41, 5.74) is 0. The molecular formula is C79H150O17P2. The second-order valence-electron chi connectivity index (χ2n) is 28.2. The molecule has 0 bridgehead atoms. The lowest BCUT2D eigenvalue weighted by atomic mass is 10.0. The van der Waals surface area contributed by atoms with Gasteiger partial charge in [-0.15, -0.1) is 0 Å². The first-order chi connectivity index (χ1) is 47.5. The molecule has 0 fully saturated rings. The minimum Gasteiger partial charge on any atom is -0.462 e. The van der Waals surface area contributed by atoms with Crippen LogP contribution in [0.5, 0.6) is 0 Å². The molecule has 0 heterocycles. The summed E-state index contributed by atoms with van der Waals surface area (Å²) < 4.78 is 68.6. The van der Waals surface area contributed by atoms with Gasteiger partial charge in [0.05, 0.1) is 26.4 Å². The maximum absolute atomic E-state index is 13.1. The van der Waals surface area contributed by atoms with Crippen LogP contribution in [0.3, 0.4) is 0 Å². The van der Waals surface area contributed by atoms with Crippen molar-refractivity contribution in [1.82, 2.24) is 0 Å². The van der Waals surface area contributed by atoms with Gasteiger partial charge in [0, 0.05) is 25.7 Å². The van der Waals surface area contributed by atoms with Crippen LogP contribution in [0.15, 0.2) is 24.3 Å². The Hall–Kier alpha value is -2.46. The number of ether oxygens (including phenoxy) is 4. The lowest BCUT2D eigenvalue weighted by Crippen LogP contribution is -2.30. The van der Waals surface area contributed by atoms with Crippen LogP contribution in [0, 0.1) is 5.92 Å². The first-order valence-electron chi connectivity index (χ1n) is 40.5. The van der Waals surface area contributed by atoms with Gasteiger partial charge in [0.25, 0.3) is 0 Å². The summed E-state index contributed by atoms with van der Waals surface area (Å²) in [5.74, 6) is -1.47. The van der Waals surface area contributed by atoms with Crippen molar-refractivity contribution in [2.75, 3.05) is 39.6 Å². The van der Waals surface area contributed by atoms with E-state index in [1.165, 1.54) is 199 Å². The highest BCUT2D eigenvalue weighted by Gasteiger charge is 2.30. The fraction of sp³-hybridized carbons (Fsp3) is 0.899. The third kappa shape index (κ3) is 71.9. The number of allylic oxidation sites excluding steroid dienone is 4. The molecule has 0 aromatic rings. The summed E-state index contributed by atoms with van der Waals surface area (Å²) in [7, 11) is -9.93. The molecule has 0 aromatic carbocycles. The highest BCUT2D eigenvalue weighted by Crippen LogP contribution is 2.45. The molecule has 0 rings (SSSR count). The number of hydrogen-bond acceptors (Lipinski definition) is 15. The Morgan fingerprint density at radius 2 is 0.551 bits per heavy atom. The Bertz CT molecular complexity index is 1970. The largest absolute Gasteiger partial charge is 0.472 e. The zero-order chi connectivity index (χ0) is 71.9. The number of phosphoric acid groups is 2. The van der Waals surface area contributed by atoms with Gasteiger partial charge in [-0.25, -0.2) is 9.13 Å². The lowest BCUT2D eigenvalue weighted by Gasteiger charge is -2.21. The third-order valence-corrected chi connectivity index (χ3v) is 19.8. The molecule has 0 aliphatic heterocycles. The highest BCUT2D eigenvalue weighted by atomic mass is 31.2. The van der Waals surface area contributed by atoms with E-state index in [0.29, 0.717) is 31.6 Å². The van der Waals surface area contributed by atoms with Crippen molar-refractivity contribution in [3.63, 3.8) is 0 Å². The van der Waals surface area contributed by atoms with Crippen LogP contribution in [0.25, 0.3) is 0 Å². The molecule has 17 nitrogen and oxygen atoms in total. The van der Waals surface area contributed by atoms with Crippen LogP contribution in [0.4, 0.5) is 0 Å². The van der Waals surface area contributed by atoms with Gasteiger partial charge in [-0.1, -0.05) is 341 Å². The van der Waals surface area contributed by atoms with Crippen molar-refractivity contribution in [2.24, 2.45) is 5.92 Å². The van der Waals surface area contributed by atoms with Gasteiger partial charge in [0.15, 0.2) is 12.2 Å². The molecule has 0 aliphatic rings. The van der Waals surface area contributed by atoms with Crippen LogP contribution in [0.1, 0.15) is 394 Å². The molecule has 2 unspecified atom stereocenters. The molecule has 5 atom stereocenters. The summed E-state index contributed by atoms with van der Waals surface area (Å²) in [6, 6.07) is 0. The van der Waals surface area contributed by atoms with Crippen LogP contribution < -0.4 is 0 Å². The van der Waals surface area contributed by atoms with Gasteiger partial charge in [-0.2, -0.15) is 0 Å². The number of hydrogen-bond donors (Lipinski definition) is 3. The Kier molecular flexibility index (Phi) is 69.7. The Morgan fingerprint density at radius 3 is 0.837 bits per heavy atom. The summed E-state index contributed by atoms with van der Waals surface area (Å²) in [5, 5.41) is 10.6. The molecule has 98 heavy (non-hydrogen) atoms. The number of unbranched alkanes of at least 4 members (excludes halogenated alkanes) is 46. The monoisotopic (exact) mass is 1430 g/mol. The van der Waals surface area contributed by atoms with Crippen molar-refractivity contribution in [2.45, 2.75) is 412 Å². The van der Waals surface area contributed by atoms with E-state index in [1.54, 1.807) is 0 Å². The lowest BCUT2D eigenvalue weighted by molar-refractivity contribution is -0.161. The molecule has 578 valence electrons. The van der Waals surface area contributed by atoms with E-state index in [-0.39, 0.29) is 25.7 Å². The average Bonchev–Trinajstić information content (AvgIpc) is 0.979. The van der Waals surface area contributed by atoms with Crippen molar-refractivity contribution >= 4 is 39.5 Å². The molecular weight excluding hydrogens is 1280 g/mol. The molecule has 0 saturated carbocycles. The SMILES string of the molecule is CCCCCC/C=C\C=C/CCCCCCCC(=O)O[C@H](COC(=O)CCCCCCCCC(C)C)COP(=O)(O)OC[C@H](O)COP(=O)(O)OC[C@@H](COC(=O)CCCCCCCCCCCCCCCCCCC)OC(=O)CCCCCCCCCCCCCCCCCCC. The third-order valence-electron chi connectivity index (χ3n) is 17.9. The number of rotatable bonds is 77. The summed E-state index contributed by atoms with van der Waals surface area (Å²) >= 11 is 0. The van der Waals surface area contributed by atoms with E-state index >= 15 is 0 Å². The summed E-state index contributed by atoms with van der Waals surface area (Å²) in [6.07, 6.45) is 64.8. The van der Waals surface area contributed by atoms with Crippen molar-refractivity contribution in [3.05, 3.63) is 24.3 Å². The van der Waals surface area contributed by atoms with Crippen molar-refractivity contribution in [3.8, 4) is 0 Å². The van der Waals surface area contributed by atoms with E-state index < -0.39 is 97.5 Å². The van der Waals surface area contributed by atoms with E-state index in [9.17, 15) is 43.2 Å². The first kappa shape index (κ1) is 95.5. The molecule has 0 radical (unpaired) electrons. The Labute approximate surface area is 599 Å². The fourth-order valence-electron chi connectivity index (χ4n) is 11.7. The van der Waals surface area contributed by atoms with Gasteiger partial charge in [0.2, 0.25) is 0 Å². The van der Waals surface area contributed by atoms with Crippen molar-refractivity contribution in [1.29, 1.82) is 0 Å². The zero-order valence-electron chi connectivity index (χ0n) is 63.4. The standard InChI is InChI=1S/C79H150O17P2/c1-6-9-12-15-18-21-24-27-30-32-35-37-40-43-46-52-57-62-76(81)89-68-74(95-78(83)64-60-55-48-45-42-39-36-33-31-28-25-22-19-16-13-10-7-2)70-93-97(85,86)91-66-73(80)67-92-98(87,88)94-71-75(69-90-77(82)63-58-53-50-49-51-56-61-72(4)5)96-79(84)65-59-54-47-44-41-38-34-29-26-23-20-17-14-11-8-3/h23,26,29,34,72-75,80H,6-22,24-25,27-28,30-33,35-71H2,1-5H3,(H,85,86)(H,87,88)/b26-23-,34-29-/t73-,74-,75-/m1/s1. The molecule has 0 aliphatic carbocycles. The van der Waals surface area contributed by atoms with Crippen molar-refractivity contribution < 1.29 is 80.2 Å². The molecule has 0 saturated heterocycles. The number of carbonyl (C=O) groups is 4. The fourth-order valence-corrected chi connectivity index (χ4v) is 13.3. The Morgan fingerprint density at radius 1 is 0.316 bits per heavy atom. The first-order valence-corrected chi connectivity index (χ1v) is 43.4. The van der Waals surface area contributed by atoms with Crippen LogP contribution in [-0.4, -0.2) is 96.7 Å². The maximum Gasteiger partial charge on any atom is 0.472 e. The molecule has 0 aromatic heterocycles. The average molecular weight is 1430 g/mol. The van der Waals surface area contributed by atoms with Gasteiger partial charge >= 0.3 is 39.5 Å². The number of carbonyl (C=O) groups excluding carboxylic acids is 4. The second-order valence-corrected chi connectivity index (χ2v) is 31.2. The zero-order valence-corrected chi connectivity index (χ0v) is 65.2. The topological polar surface area (TPSA) is 237 Å². The van der Waals surface area contributed by atoms with E-state index in [0.717, 1.165) is 109 Å². The van der Waals surface area contributed by atoms with Gasteiger partial charge in [0.1, 0.15) is 19.3 Å². The number of aliphatic hydroxyl groups excluding tert-OH is 1. The predicted molar refractivity (Wildman–Crippen MR) is 400 cm³/mol. The smallest absolute Gasteiger partial charge is 0.462 e. The minimum absolute atomic E-state index is 0.0843. The number of esters is 4. The Balaban J connectivity index is 5.26. The number of phosphoric ester groups is 2. The minimum atomic E-state index is -4.96. The van der Waals surface area contributed by atoms with Crippen LogP contribution in [0.2, 0.25) is 0 Å².